The molecule has 2 rings (SSSR count). The van der Waals surface area contributed by atoms with Crippen LogP contribution in [0.2, 0.25) is 0 Å². The Morgan fingerprint density at radius 3 is 2.17 bits per heavy atom. The number of hydrogen-bond donors (Lipinski definition) is 1. The van der Waals surface area contributed by atoms with Crippen molar-refractivity contribution in [1.29, 1.82) is 0 Å². The molecule has 96 valence electrons. The molecule has 0 radical (unpaired) electrons. The number of anilines is 1. The highest BCUT2D eigenvalue weighted by molar-refractivity contribution is 9.10. The van der Waals surface area contributed by atoms with Gasteiger partial charge in [0.05, 0.1) is 0 Å². The first-order valence-electron chi connectivity index (χ1n) is 6.04. The van der Waals surface area contributed by atoms with Crippen LogP contribution < -0.4 is 5.32 Å². The molecule has 0 amide bonds. The van der Waals surface area contributed by atoms with Crippen molar-refractivity contribution in [1.82, 2.24) is 0 Å². The lowest BCUT2D eigenvalue weighted by Gasteiger charge is -2.13. The number of halogens is 1. The summed E-state index contributed by atoms with van der Waals surface area (Å²) in [7, 11) is 0. The average molecular weight is 324 g/mol. The molecule has 0 fully saturated rings. The predicted octanol–water partition coefficient (Wildman–Crippen LogP) is 5.36. The van der Waals surface area contributed by atoms with Gasteiger partial charge in [-0.25, -0.2) is 0 Å². The Balaban J connectivity index is 2.15. The van der Waals surface area contributed by atoms with Gasteiger partial charge < -0.3 is 5.32 Å². The summed E-state index contributed by atoms with van der Waals surface area (Å²) in [6.07, 6.45) is 0. The van der Waals surface area contributed by atoms with Gasteiger partial charge >= 0.3 is 0 Å². The summed E-state index contributed by atoms with van der Waals surface area (Å²) in [5, 5.41) is 3.55. The number of hydrogen-bond acceptors (Lipinski definition) is 2. The van der Waals surface area contributed by atoms with Gasteiger partial charge in [-0.15, -0.1) is 11.3 Å². The van der Waals surface area contributed by atoms with Gasteiger partial charge in [-0.3, -0.25) is 0 Å². The van der Waals surface area contributed by atoms with Crippen LogP contribution in [0.1, 0.15) is 26.4 Å². The van der Waals surface area contributed by atoms with Gasteiger partial charge in [-0.2, -0.15) is 0 Å². The molecule has 0 saturated heterocycles. The zero-order valence-corrected chi connectivity index (χ0v) is 13.6. The van der Waals surface area contributed by atoms with Crippen LogP contribution in [-0.4, -0.2) is 0 Å². The van der Waals surface area contributed by atoms with E-state index >= 15 is 0 Å². The van der Waals surface area contributed by atoms with E-state index in [0.29, 0.717) is 0 Å². The van der Waals surface area contributed by atoms with E-state index in [1.54, 1.807) is 0 Å². The van der Waals surface area contributed by atoms with Crippen LogP contribution >= 0.6 is 27.3 Å². The molecule has 0 aliphatic carbocycles. The van der Waals surface area contributed by atoms with Crippen molar-refractivity contribution in [3.05, 3.63) is 49.1 Å². The second-order valence-electron chi connectivity index (χ2n) is 4.74. The highest BCUT2D eigenvalue weighted by Crippen LogP contribution is 2.28. The van der Waals surface area contributed by atoms with Crippen molar-refractivity contribution in [3.63, 3.8) is 0 Å². The lowest BCUT2D eigenvalue weighted by Crippen LogP contribution is -2.02. The Morgan fingerprint density at radius 1 is 1.06 bits per heavy atom. The first kappa shape index (κ1) is 13.6. The largest absolute Gasteiger partial charge is 0.380 e. The molecular formula is C15H18BrNS. The Hall–Kier alpha value is -0.800. The molecule has 1 aromatic heterocycles. The van der Waals surface area contributed by atoms with Gasteiger partial charge in [0, 0.05) is 26.5 Å². The van der Waals surface area contributed by atoms with Gasteiger partial charge in [-0.05, 0) is 60.8 Å². The zero-order chi connectivity index (χ0) is 13.3. The molecule has 1 nitrogen and oxygen atoms in total. The van der Waals surface area contributed by atoms with E-state index in [4.69, 9.17) is 0 Å². The van der Waals surface area contributed by atoms with Crippen molar-refractivity contribution in [3.8, 4) is 0 Å². The number of nitrogens with one attached hydrogen (secondary N) is 1. The smallest absolute Gasteiger partial charge is 0.0494 e. The molecule has 0 bridgehead atoms. The van der Waals surface area contributed by atoms with Crippen molar-refractivity contribution in [2.75, 3.05) is 5.32 Å². The molecule has 0 aliphatic rings. The maximum absolute atomic E-state index is 3.56. The summed E-state index contributed by atoms with van der Waals surface area (Å²) in [6, 6.07) is 6.65. The minimum atomic E-state index is 0.891. The summed E-state index contributed by atoms with van der Waals surface area (Å²) >= 11 is 5.40. The molecular weight excluding hydrogens is 306 g/mol. The standard InChI is InChI=1S/C15H18BrNS/c1-9-5-10(2)15(11(3)6-9)17-8-13-7-14(16)12(4)18-13/h5-7,17H,8H2,1-4H3. The number of thiophene rings is 1. The minimum absolute atomic E-state index is 0.891. The molecule has 0 saturated carbocycles. The van der Waals surface area contributed by atoms with E-state index in [1.165, 1.54) is 36.6 Å². The van der Waals surface area contributed by atoms with Crippen LogP contribution in [0.4, 0.5) is 5.69 Å². The van der Waals surface area contributed by atoms with Crippen LogP contribution in [0.5, 0.6) is 0 Å². The maximum Gasteiger partial charge on any atom is 0.0494 e. The molecule has 1 N–H and O–H groups in total. The maximum atomic E-state index is 3.56. The quantitative estimate of drug-likeness (QED) is 0.802. The molecule has 0 spiro atoms. The van der Waals surface area contributed by atoms with E-state index in [1.807, 2.05) is 11.3 Å². The van der Waals surface area contributed by atoms with Crippen LogP contribution in [0.25, 0.3) is 0 Å². The molecule has 0 aliphatic heterocycles. The monoisotopic (exact) mass is 323 g/mol. The number of aryl methyl sites for hydroxylation is 4. The highest BCUT2D eigenvalue weighted by atomic mass is 79.9. The van der Waals surface area contributed by atoms with E-state index in [0.717, 1.165) is 6.54 Å². The van der Waals surface area contributed by atoms with Crippen molar-refractivity contribution in [2.24, 2.45) is 0 Å². The fraction of sp³-hybridized carbons (Fsp3) is 0.333. The number of benzene rings is 1. The van der Waals surface area contributed by atoms with Crippen LogP contribution in [0.3, 0.4) is 0 Å². The molecule has 3 heteroatoms. The van der Waals surface area contributed by atoms with Crippen molar-refractivity contribution in [2.45, 2.75) is 34.2 Å². The first-order valence-corrected chi connectivity index (χ1v) is 7.65. The third kappa shape index (κ3) is 2.96. The summed E-state index contributed by atoms with van der Waals surface area (Å²) in [6.45, 7) is 9.50. The average Bonchev–Trinajstić information content (AvgIpc) is 2.56. The molecule has 18 heavy (non-hydrogen) atoms. The van der Waals surface area contributed by atoms with Gasteiger partial charge in [-0.1, -0.05) is 17.7 Å². The highest BCUT2D eigenvalue weighted by Gasteiger charge is 2.06. The summed E-state index contributed by atoms with van der Waals surface area (Å²) in [4.78, 5) is 2.70. The van der Waals surface area contributed by atoms with E-state index < -0.39 is 0 Å². The Morgan fingerprint density at radius 2 is 1.67 bits per heavy atom. The Kier molecular flexibility index (Phi) is 4.13. The lowest BCUT2D eigenvalue weighted by molar-refractivity contribution is 1.16. The summed E-state index contributed by atoms with van der Waals surface area (Å²) in [5.41, 5.74) is 5.23. The van der Waals surface area contributed by atoms with Crippen LogP contribution in [0.15, 0.2) is 22.7 Å². The van der Waals surface area contributed by atoms with E-state index in [-0.39, 0.29) is 0 Å². The van der Waals surface area contributed by atoms with E-state index in [2.05, 4.69) is 67.1 Å². The van der Waals surface area contributed by atoms with Gasteiger partial charge in [0.2, 0.25) is 0 Å². The van der Waals surface area contributed by atoms with Gasteiger partial charge in [0.15, 0.2) is 0 Å². The summed E-state index contributed by atoms with van der Waals surface area (Å²) < 4.78 is 1.21. The fourth-order valence-corrected chi connectivity index (χ4v) is 3.78. The van der Waals surface area contributed by atoms with Crippen LogP contribution in [-0.2, 0) is 6.54 Å². The second-order valence-corrected chi connectivity index (χ2v) is 6.94. The van der Waals surface area contributed by atoms with Crippen molar-refractivity contribution < 1.29 is 0 Å². The normalized spacial score (nSPS) is 10.7. The topological polar surface area (TPSA) is 12.0 Å². The lowest BCUT2D eigenvalue weighted by atomic mass is 10.1. The van der Waals surface area contributed by atoms with Crippen LogP contribution in [0, 0.1) is 27.7 Å². The minimum Gasteiger partial charge on any atom is -0.380 e. The van der Waals surface area contributed by atoms with Crippen molar-refractivity contribution >= 4 is 33.0 Å². The molecule has 0 unspecified atom stereocenters. The molecule has 0 atom stereocenters. The summed E-state index contributed by atoms with van der Waals surface area (Å²) in [5.74, 6) is 0. The number of rotatable bonds is 3. The third-order valence-corrected chi connectivity index (χ3v) is 5.16. The zero-order valence-electron chi connectivity index (χ0n) is 11.2. The van der Waals surface area contributed by atoms with Gasteiger partial charge in [0.25, 0.3) is 0 Å². The van der Waals surface area contributed by atoms with E-state index in [9.17, 15) is 0 Å². The Bertz CT molecular complexity index is 529. The molecule has 1 aromatic carbocycles. The second kappa shape index (κ2) is 5.45. The van der Waals surface area contributed by atoms with Gasteiger partial charge in [0.1, 0.15) is 0 Å². The fourth-order valence-electron chi connectivity index (χ4n) is 2.24. The molecule has 2 aromatic rings. The third-order valence-electron chi connectivity index (χ3n) is 3.02. The predicted molar refractivity (Wildman–Crippen MR) is 84.7 cm³/mol. The Labute approximate surface area is 121 Å². The SMILES string of the molecule is Cc1cc(C)c(NCc2cc(Br)c(C)s2)c(C)c1. The molecule has 1 heterocycles. The first-order chi connectivity index (χ1) is 8.47.